The first-order chi connectivity index (χ1) is 9.86. The van der Waals surface area contributed by atoms with E-state index in [0.29, 0.717) is 5.28 Å². The van der Waals surface area contributed by atoms with Crippen molar-refractivity contribution < 1.29 is 24.2 Å². The summed E-state index contributed by atoms with van der Waals surface area (Å²) in [5.74, 6) is 0. The molecule has 0 saturated heterocycles. The lowest BCUT2D eigenvalue weighted by molar-refractivity contribution is -0.249. The molecule has 0 fully saturated rings. The Kier molecular flexibility index (Phi) is 8.23. The number of carbonyl (C=O) groups excluding carboxylic acids is 1. The summed E-state index contributed by atoms with van der Waals surface area (Å²) in [6.45, 7) is 11.9. The molecule has 0 amide bonds. The number of nitrogens with one attached hydrogen (secondary N) is 1. The van der Waals surface area contributed by atoms with Crippen LogP contribution in [0.25, 0.3) is 0 Å². The predicted molar refractivity (Wildman–Crippen MR) is 79.8 cm³/mol. The van der Waals surface area contributed by atoms with Crippen molar-refractivity contribution in [3.05, 3.63) is 5.21 Å². The van der Waals surface area contributed by atoms with E-state index in [0.717, 1.165) is 0 Å². The minimum atomic E-state index is -1.04. The quantitative estimate of drug-likeness (QED) is 0.410. The normalized spacial score (nSPS) is 14.3. The first-order valence-corrected chi connectivity index (χ1v) is 7.03. The van der Waals surface area contributed by atoms with Crippen LogP contribution in [0.4, 0.5) is 4.79 Å². The summed E-state index contributed by atoms with van der Waals surface area (Å²) in [6.07, 6.45) is -1.94. The number of nitrogens with zero attached hydrogens (tertiary/aromatic N) is 2. The fraction of sp³-hybridized carbons (Fsp3) is 0.923. The summed E-state index contributed by atoms with van der Waals surface area (Å²) in [4.78, 5) is 16.4. The standard InChI is InChI=1S/C13H28N3O6/c1-10(20-11(18)21-13(5,6)7)22-14-16(19)15(8-9-17)12(2,3)4/h10,14,17H,8-9H2,1-7H3/q-1. The minimum absolute atomic E-state index is 0.116. The lowest BCUT2D eigenvalue weighted by Crippen LogP contribution is -2.57. The summed E-state index contributed by atoms with van der Waals surface area (Å²) in [7, 11) is 0. The summed E-state index contributed by atoms with van der Waals surface area (Å²) in [5, 5.41) is 22.6. The van der Waals surface area contributed by atoms with Gasteiger partial charge < -0.3 is 19.8 Å². The Morgan fingerprint density at radius 1 is 1.27 bits per heavy atom. The van der Waals surface area contributed by atoms with Gasteiger partial charge in [0.2, 0.25) is 6.29 Å². The second kappa shape index (κ2) is 8.61. The molecule has 0 aromatic rings. The Balaban J connectivity index is 4.32. The maximum Gasteiger partial charge on any atom is 0.511 e. The van der Waals surface area contributed by atoms with Gasteiger partial charge in [0.25, 0.3) is 0 Å². The molecule has 1 atom stereocenters. The van der Waals surface area contributed by atoms with E-state index in [1.165, 1.54) is 11.9 Å². The molecular formula is C13H28N3O6-. The van der Waals surface area contributed by atoms with Crippen molar-refractivity contribution >= 4 is 6.16 Å². The zero-order chi connectivity index (χ0) is 17.6. The van der Waals surface area contributed by atoms with Gasteiger partial charge in [-0.2, -0.15) is 0 Å². The number of hydrazine groups is 2. The third-order valence-electron chi connectivity index (χ3n) is 2.25. The Bertz CT molecular complexity index is 340. The molecule has 0 spiro atoms. The molecule has 0 aromatic carbocycles. The zero-order valence-electron chi connectivity index (χ0n) is 14.4. The van der Waals surface area contributed by atoms with Gasteiger partial charge in [-0.1, -0.05) is 0 Å². The summed E-state index contributed by atoms with van der Waals surface area (Å²) < 4.78 is 9.77. The third-order valence-corrected chi connectivity index (χ3v) is 2.25. The molecule has 22 heavy (non-hydrogen) atoms. The number of rotatable bonds is 7. The lowest BCUT2D eigenvalue weighted by Gasteiger charge is -2.46. The Hall–Kier alpha value is -0.970. The molecular weight excluding hydrogens is 294 g/mol. The second-order valence-corrected chi connectivity index (χ2v) is 6.65. The van der Waals surface area contributed by atoms with E-state index in [1.54, 1.807) is 41.5 Å². The van der Waals surface area contributed by atoms with Crippen LogP contribution in [-0.4, -0.2) is 52.1 Å². The molecule has 9 nitrogen and oxygen atoms in total. The predicted octanol–water partition coefficient (Wildman–Crippen LogP) is 1.53. The first-order valence-electron chi connectivity index (χ1n) is 7.03. The van der Waals surface area contributed by atoms with E-state index in [2.05, 4.69) is 5.59 Å². The lowest BCUT2D eigenvalue weighted by atomic mass is 10.1. The highest BCUT2D eigenvalue weighted by Gasteiger charge is 2.24. The van der Waals surface area contributed by atoms with Gasteiger partial charge in [0.05, 0.1) is 6.61 Å². The van der Waals surface area contributed by atoms with Gasteiger partial charge in [-0.3, -0.25) is 0 Å². The average molecular weight is 322 g/mol. The zero-order valence-corrected chi connectivity index (χ0v) is 14.4. The van der Waals surface area contributed by atoms with Crippen LogP contribution in [0, 0.1) is 5.21 Å². The minimum Gasteiger partial charge on any atom is -0.756 e. The van der Waals surface area contributed by atoms with E-state index < -0.39 is 23.6 Å². The molecule has 0 aromatic heterocycles. The molecule has 0 radical (unpaired) electrons. The van der Waals surface area contributed by atoms with Gasteiger partial charge in [-0.25, -0.2) is 19.9 Å². The number of hydrogen-bond acceptors (Lipinski definition) is 9. The molecule has 1 unspecified atom stereocenters. The highest BCUT2D eigenvalue weighted by molar-refractivity contribution is 5.60. The van der Waals surface area contributed by atoms with Crippen molar-refractivity contribution in [3.63, 3.8) is 0 Å². The van der Waals surface area contributed by atoms with Gasteiger partial charge in [-0.15, -0.1) is 5.59 Å². The highest BCUT2D eigenvalue weighted by Crippen LogP contribution is 2.14. The van der Waals surface area contributed by atoms with Crippen molar-refractivity contribution in [1.29, 1.82) is 0 Å². The fourth-order valence-corrected chi connectivity index (χ4v) is 1.40. The molecule has 0 aliphatic rings. The van der Waals surface area contributed by atoms with Gasteiger partial charge >= 0.3 is 6.16 Å². The number of carbonyl (C=O) groups is 1. The van der Waals surface area contributed by atoms with Crippen LogP contribution in [0.2, 0.25) is 0 Å². The molecule has 0 heterocycles. The van der Waals surface area contributed by atoms with Crippen LogP contribution in [0.3, 0.4) is 0 Å². The topological polar surface area (TPSA) is 107 Å². The number of hydrogen-bond donors (Lipinski definition) is 2. The van der Waals surface area contributed by atoms with Gasteiger partial charge in [-0.05, 0) is 41.5 Å². The number of β-amino-alcohol motifs (C(OH)–C–C–N with tert-alkyl or cyclic N) is 1. The van der Waals surface area contributed by atoms with Crippen LogP contribution >= 0.6 is 0 Å². The van der Waals surface area contributed by atoms with Crippen molar-refractivity contribution in [3.8, 4) is 0 Å². The van der Waals surface area contributed by atoms with Crippen molar-refractivity contribution in [2.24, 2.45) is 0 Å². The number of ether oxygens (including phenoxy) is 2. The Morgan fingerprint density at radius 2 is 1.82 bits per heavy atom. The van der Waals surface area contributed by atoms with Crippen LogP contribution < -0.4 is 5.59 Å². The van der Waals surface area contributed by atoms with Gasteiger partial charge in [0, 0.05) is 19.0 Å². The second-order valence-electron chi connectivity index (χ2n) is 6.65. The average Bonchev–Trinajstić information content (AvgIpc) is 2.28. The molecule has 0 aliphatic heterocycles. The van der Waals surface area contributed by atoms with Crippen molar-refractivity contribution in [2.75, 3.05) is 13.2 Å². The summed E-state index contributed by atoms with van der Waals surface area (Å²) in [5.41, 5.74) is 0.889. The van der Waals surface area contributed by atoms with Crippen molar-refractivity contribution in [2.45, 2.75) is 65.9 Å². The maximum absolute atomic E-state index is 11.9. The van der Waals surface area contributed by atoms with Crippen LogP contribution in [-0.2, 0) is 14.3 Å². The first kappa shape index (κ1) is 21.0. The van der Waals surface area contributed by atoms with Crippen LogP contribution in [0.5, 0.6) is 0 Å². The molecule has 0 rings (SSSR count). The van der Waals surface area contributed by atoms with Crippen molar-refractivity contribution in [1.82, 2.24) is 15.9 Å². The summed E-state index contributed by atoms with van der Waals surface area (Å²) in [6, 6.07) is 0. The largest absolute Gasteiger partial charge is 0.756 e. The molecule has 2 N–H and O–H groups in total. The van der Waals surface area contributed by atoms with E-state index in [1.807, 2.05) is 0 Å². The fourth-order valence-electron chi connectivity index (χ4n) is 1.40. The van der Waals surface area contributed by atoms with Crippen LogP contribution in [0.1, 0.15) is 48.5 Å². The molecule has 132 valence electrons. The van der Waals surface area contributed by atoms with E-state index in [4.69, 9.17) is 19.4 Å². The molecule has 9 heteroatoms. The van der Waals surface area contributed by atoms with Crippen LogP contribution in [0.15, 0.2) is 0 Å². The molecule has 0 bridgehead atoms. The number of aliphatic hydroxyl groups is 1. The van der Waals surface area contributed by atoms with E-state index in [-0.39, 0.29) is 13.2 Å². The number of aliphatic hydroxyl groups excluding tert-OH is 1. The molecule has 0 saturated carbocycles. The molecule has 0 aliphatic carbocycles. The van der Waals surface area contributed by atoms with E-state index in [9.17, 15) is 10.0 Å². The van der Waals surface area contributed by atoms with Gasteiger partial charge in [0.15, 0.2) is 0 Å². The highest BCUT2D eigenvalue weighted by atomic mass is 16.9. The van der Waals surface area contributed by atoms with Gasteiger partial charge in [0.1, 0.15) is 5.60 Å². The van der Waals surface area contributed by atoms with E-state index >= 15 is 0 Å². The maximum atomic E-state index is 11.9. The third kappa shape index (κ3) is 9.13. The monoisotopic (exact) mass is 322 g/mol. The summed E-state index contributed by atoms with van der Waals surface area (Å²) >= 11 is 0. The Labute approximate surface area is 131 Å². The SMILES string of the molecule is CC(ONN([O-])N(CCO)C(C)(C)C)OC(=O)OC(C)(C)C. The smallest absolute Gasteiger partial charge is 0.511 e. The Morgan fingerprint density at radius 3 is 2.23 bits per heavy atom.